The number of nitrogens with two attached hydrogens (primary N) is 2. The first-order valence-electron chi connectivity index (χ1n) is 5.85. The van der Waals surface area contributed by atoms with Gasteiger partial charge in [-0.25, -0.2) is 0 Å². The summed E-state index contributed by atoms with van der Waals surface area (Å²) < 4.78 is 0. The second-order valence-electron chi connectivity index (χ2n) is 4.52. The predicted octanol–water partition coefficient (Wildman–Crippen LogP) is 0.310. The van der Waals surface area contributed by atoms with Gasteiger partial charge in [0.15, 0.2) is 0 Å². The summed E-state index contributed by atoms with van der Waals surface area (Å²) in [6, 6.07) is 0.913. The molecule has 0 radical (unpaired) electrons. The fraction of sp³-hybridized carbons (Fsp3) is 0.909. The van der Waals surface area contributed by atoms with Crippen LogP contribution in [0.5, 0.6) is 0 Å². The van der Waals surface area contributed by atoms with Crippen molar-refractivity contribution in [2.45, 2.75) is 45.2 Å². The maximum Gasteiger partial charge on any atom is 0.221 e. The summed E-state index contributed by atoms with van der Waals surface area (Å²) in [5.74, 6) is -0.152. The molecule has 0 aromatic rings. The lowest BCUT2D eigenvalue weighted by molar-refractivity contribution is -0.124. The monoisotopic (exact) mass is 213 g/mol. The SMILES string of the molecule is CCC(CN)N1CC(C(N)=O)CCC1C. The molecule has 1 amide bonds. The number of rotatable bonds is 4. The number of carbonyl (C=O) groups is 1. The summed E-state index contributed by atoms with van der Waals surface area (Å²) in [5.41, 5.74) is 11.1. The molecule has 0 aliphatic carbocycles. The van der Waals surface area contributed by atoms with Crippen molar-refractivity contribution in [1.29, 1.82) is 0 Å². The third kappa shape index (κ3) is 2.92. The Kier molecular flexibility index (Phi) is 4.54. The molecule has 1 aliphatic rings. The van der Waals surface area contributed by atoms with Crippen LogP contribution in [0.15, 0.2) is 0 Å². The molecule has 4 N–H and O–H groups in total. The number of nitrogens with zero attached hydrogens (tertiary/aromatic N) is 1. The maximum atomic E-state index is 11.2. The molecule has 0 aromatic carbocycles. The van der Waals surface area contributed by atoms with Gasteiger partial charge in [0, 0.05) is 25.2 Å². The van der Waals surface area contributed by atoms with E-state index in [-0.39, 0.29) is 11.8 Å². The topological polar surface area (TPSA) is 72.3 Å². The molecule has 4 nitrogen and oxygen atoms in total. The number of likely N-dealkylation sites (tertiary alicyclic amines) is 1. The van der Waals surface area contributed by atoms with E-state index in [1.807, 2.05) is 0 Å². The van der Waals surface area contributed by atoms with Crippen LogP contribution in [0.4, 0.5) is 0 Å². The number of piperidine rings is 1. The van der Waals surface area contributed by atoms with Gasteiger partial charge in [-0.05, 0) is 26.2 Å². The molecule has 1 heterocycles. The van der Waals surface area contributed by atoms with Gasteiger partial charge in [0.05, 0.1) is 5.92 Å². The van der Waals surface area contributed by atoms with Gasteiger partial charge in [-0.2, -0.15) is 0 Å². The van der Waals surface area contributed by atoms with Crippen molar-refractivity contribution < 1.29 is 4.79 Å². The fourth-order valence-corrected chi connectivity index (χ4v) is 2.41. The van der Waals surface area contributed by atoms with Crippen molar-refractivity contribution in [3.8, 4) is 0 Å². The molecule has 0 bridgehead atoms. The van der Waals surface area contributed by atoms with Crippen LogP contribution in [-0.2, 0) is 4.79 Å². The van der Waals surface area contributed by atoms with Crippen LogP contribution < -0.4 is 11.5 Å². The standard InChI is InChI=1S/C11H23N3O/c1-3-10(6-12)14-7-9(11(13)15)5-4-8(14)2/h8-10H,3-7,12H2,1-2H3,(H2,13,15). The number of amides is 1. The van der Waals surface area contributed by atoms with E-state index in [0.29, 0.717) is 18.6 Å². The maximum absolute atomic E-state index is 11.2. The van der Waals surface area contributed by atoms with E-state index in [2.05, 4.69) is 18.7 Å². The molecule has 1 rings (SSSR count). The van der Waals surface area contributed by atoms with Gasteiger partial charge in [0.1, 0.15) is 0 Å². The van der Waals surface area contributed by atoms with Gasteiger partial charge >= 0.3 is 0 Å². The largest absolute Gasteiger partial charge is 0.369 e. The first kappa shape index (κ1) is 12.5. The Bertz CT molecular complexity index is 216. The second kappa shape index (κ2) is 5.47. The van der Waals surface area contributed by atoms with Gasteiger partial charge in [-0.15, -0.1) is 0 Å². The molecular weight excluding hydrogens is 190 g/mol. The molecule has 0 spiro atoms. The number of carbonyl (C=O) groups excluding carboxylic acids is 1. The van der Waals surface area contributed by atoms with Gasteiger partial charge in [-0.1, -0.05) is 6.92 Å². The highest BCUT2D eigenvalue weighted by Crippen LogP contribution is 2.24. The Hall–Kier alpha value is -0.610. The molecule has 3 unspecified atom stereocenters. The van der Waals surface area contributed by atoms with Crippen molar-refractivity contribution in [1.82, 2.24) is 4.90 Å². The summed E-state index contributed by atoms with van der Waals surface area (Å²) in [4.78, 5) is 13.5. The molecule has 1 fully saturated rings. The molecule has 0 saturated carbocycles. The van der Waals surface area contributed by atoms with Crippen LogP contribution >= 0.6 is 0 Å². The predicted molar refractivity (Wildman–Crippen MR) is 61.2 cm³/mol. The molecule has 88 valence electrons. The molecule has 1 aliphatic heterocycles. The van der Waals surface area contributed by atoms with Gasteiger partial charge in [-0.3, -0.25) is 9.69 Å². The Morgan fingerprint density at radius 1 is 1.53 bits per heavy atom. The normalized spacial score (nSPS) is 30.1. The summed E-state index contributed by atoms with van der Waals surface area (Å²) in [7, 11) is 0. The van der Waals surface area contributed by atoms with Gasteiger partial charge in [0.25, 0.3) is 0 Å². The third-order valence-corrected chi connectivity index (χ3v) is 3.54. The third-order valence-electron chi connectivity index (χ3n) is 3.54. The van der Waals surface area contributed by atoms with Crippen LogP contribution in [0.1, 0.15) is 33.1 Å². The zero-order valence-corrected chi connectivity index (χ0v) is 9.78. The lowest BCUT2D eigenvalue weighted by Crippen LogP contribution is -2.52. The van der Waals surface area contributed by atoms with Crippen molar-refractivity contribution >= 4 is 5.91 Å². The van der Waals surface area contributed by atoms with Crippen LogP contribution in [0, 0.1) is 5.92 Å². The minimum Gasteiger partial charge on any atom is -0.369 e. The van der Waals surface area contributed by atoms with E-state index in [0.717, 1.165) is 25.8 Å². The fourth-order valence-electron chi connectivity index (χ4n) is 2.41. The Balaban J connectivity index is 2.64. The number of hydrogen-bond acceptors (Lipinski definition) is 3. The van der Waals surface area contributed by atoms with Crippen LogP contribution in [0.2, 0.25) is 0 Å². The molecular formula is C11H23N3O. The van der Waals surface area contributed by atoms with Gasteiger partial charge < -0.3 is 11.5 Å². The summed E-state index contributed by atoms with van der Waals surface area (Å²) in [6.45, 7) is 5.78. The highest BCUT2D eigenvalue weighted by atomic mass is 16.1. The molecule has 0 aromatic heterocycles. The smallest absolute Gasteiger partial charge is 0.221 e. The minimum absolute atomic E-state index is 0.0156. The first-order chi connectivity index (χ1) is 7.10. The van der Waals surface area contributed by atoms with Crippen LogP contribution in [0.25, 0.3) is 0 Å². The Morgan fingerprint density at radius 2 is 2.20 bits per heavy atom. The average molecular weight is 213 g/mol. The van der Waals surface area contributed by atoms with E-state index in [1.165, 1.54) is 0 Å². The zero-order chi connectivity index (χ0) is 11.4. The van der Waals surface area contributed by atoms with Crippen LogP contribution in [0.3, 0.4) is 0 Å². The Morgan fingerprint density at radius 3 is 2.67 bits per heavy atom. The highest BCUT2D eigenvalue weighted by molar-refractivity contribution is 5.77. The van der Waals surface area contributed by atoms with E-state index in [1.54, 1.807) is 0 Å². The highest BCUT2D eigenvalue weighted by Gasteiger charge is 2.31. The molecule has 1 saturated heterocycles. The second-order valence-corrected chi connectivity index (χ2v) is 4.52. The van der Waals surface area contributed by atoms with E-state index >= 15 is 0 Å². The Labute approximate surface area is 92.0 Å². The summed E-state index contributed by atoms with van der Waals surface area (Å²) in [6.07, 6.45) is 3.00. The number of hydrogen-bond donors (Lipinski definition) is 2. The molecule has 15 heavy (non-hydrogen) atoms. The lowest BCUT2D eigenvalue weighted by atomic mass is 9.91. The lowest BCUT2D eigenvalue weighted by Gasteiger charge is -2.41. The zero-order valence-electron chi connectivity index (χ0n) is 9.78. The van der Waals surface area contributed by atoms with Crippen molar-refractivity contribution in [3.05, 3.63) is 0 Å². The van der Waals surface area contributed by atoms with Crippen molar-refractivity contribution in [2.75, 3.05) is 13.1 Å². The average Bonchev–Trinajstić information content (AvgIpc) is 2.22. The van der Waals surface area contributed by atoms with Crippen LogP contribution in [-0.4, -0.2) is 36.0 Å². The van der Waals surface area contributed by atoms with Gasteiger partial charge in [0.2, 0.25) is 5.91 Å². The van der Waals surface area contributed by atoms with E-state index in [4.69, 9.17) is 11.5 Å². The minimum atomic E-state index is -0.168. The summed E-state index contributed by atoms with van der Waals surface area (Å²) >= 11 is 0. The quantitative estimate of drug-likeness (QED) is 0.706. The van der Waals surface area contributed by atoms with Crippen molar-refractivity contribution in [2.24, 2.45) is 17.4 Å². The van der Waals surface area contributed by atoms with Crippen molar-refractivity contribution in [3.63, 3.8) is 0 Å². The van der Waals surface area contributed by atoms with E-state index in [9.17, 15) is 4.79 Å². The molecule has 4 heteroatoms. The summed E-state index contributed by atoms with van der Waals surface area (Å²) in [5, 5.41) is 0. The molecule has 3 atom stereocenters. The van der Waals surface area contributed by atoms with E-state index < -0.39 is 0 Å². The number of primary amides is 1. The first-order valence-corrected chi connectivity index (χ1v) is 5.85.